The summed E-state index contributed by atoms with van der Waals surface area (Å²) in [7, 11) is 0. The Morgan fingerprint density at radius 3 is 2.24 bits per heavy atom. The van der Waals surface area contributed by atoms with E-state index >= 15 is 0 Å². The summed E-state index contributed by atoms with van der Waals surface area (Å²) >= 11 is 0. The maximum atomic E-state index is 12.8. The fourth-order valence-corrected chi connectivity index (χ4v) is 0.774. The number of nitrogens with zero attached hydrogens (tertiary/aromatic N) is 1. The van der Waals surface area contributed by atoms with Crippen LogP contribution in [0.25, 0.3) is 0 Å². The second-order valence-corrected chi connectivity index (χ2v) is 2.52. The van der Waals surface area contributed by atoms with E-state index in [2.05, 4.69) is 10.7 Å². The highest BCUT2D eigenvalue weighted by Gasteiger charge is 2.32. The number of hydrogen-bond donors (Lipinski definition) is 2. The molecule has 0 saturated heterocycles. The lowest BCUT2D eigenvalue weighted by Crippen LogP contribution is -2.17. The van der Waals surface area contributed by atoms with Crippen LogP contribution in [0.5, 0.6) is 0 Å². The third-order valence-electron chi connectivity index (χ3n) is 1.40. The summed E-state index contributed by atoms with van der Waals surface area (Å²) < 4.78 is 48.7. The van der Waals surface area contributed by atoms with Gasteiger partial charge >= 0.3 is 6.18 Å². The lowest BCUT2D eigenvalue weighted by Gasteiger charge is -2.06. The van der Waals surface area contributed by atoms with Crippen LogP contribution < -0.4 is 5.73 Å². The van der Waals surface area contributed by atoms with E-state index in [1.165, 1.54) is 0 Å². The van der Waals surface area contributed by atoms with Crippen molar-refractivity contribution in [3.05, 3.63) is 29.3 Å². The fraction of sp³-hybridized carbons (Fsp3) is 0.125. The molecule has 0 saturated carbocycles. The van der Waals surface area contributed by atoms with Crippen molar-refractivity contribution in [3.8, 4) is 0 Å². The van der Waals surface area contributed by atoms with Gasteiger partial charge in [-0.25, -0.2) is 9.37 Å². The number of rotatable bonds is 1. The largest absolute Gasteiger partial charge is 0.483 e. The predicted octanol–water partition coefficient (Wildman–Crippen LogP) is 1.04. The highest BCUT2D eigenvalue weighted by Crippen LogP contribution is 2.29. The quantitative estimate of drug-likeness (QED) is 0.578. The van der Waals surface area contributed by atoms with Crippen molar-refractivity contribution in [2.75, 3.05) is 0 Å². The number of hydrogen-bond acceptors (Lipinski definition) is 3. The van der Waals surface area contributed by atoms with Crippen LogP contribution in [0.15, 0.2) is 12.3 Å². The standard InChI is InChI=1S/C7H4F4N2O.CH2O2/c8-4-1-3(7(9,10)11)2-13-5(4)6(12)14;2-1-3/h1-2H,(H2,12,14);1H,(H,2,3). The Kier molecular flexibility index (Phi) is 5.03. The molecule has 0 aromatic carbocycles. The minimum atomic E-state index is -4.69. The average Bonchev–Trinajstić information content (AvgIpc) is 2.16. The zero-order chi connectivity index (χ0) is 13.6. The number of carbonyl (C=O) groups excluding carboxylic acids is 1. The van der Waals surface area contributed by atoms with Crippen molar-refractivity contribution in [1.82, 2.24) is 4.98 Å². The molecule has 1 aromatic rings. The van der Waals surface area contributed by atoms with Crippen molar-refractivity contribution < 1.29 is 32.3 Å². The molecule has 0 aliphatic carbocycles. The van der Waals surface area contributed by atoms with Crippen LogP contribution in [0.3, 0.4) is 0 Å². The topological polar surface area (TPSA) is 93.3 Å². The van der Waals surface area contributed by atoms with Crippen LogP contribution in [0.4, 0.5) is 17.6 Å². The molecule has 1 aromatic heterocycles. The molecule has 1 rings (SSSR count). The monoisotopic (exact) mass is 254 g/mol. The Bertz CT molecular complexity index is 420. The molecule has 3 N–H and O–H groups in total. The maximum absolute atomic E-state index is 12.8. The average molecular weight is 254 g/mol. The van der Waals surface area contributed by atoms with Gasteiger partial charge in [0.05, 0.1) is 5.56 Å². The second kappa shape index (κ2) is 5.77. The van der Waals surface area contributed by atoms with Gasteiger partial charge in [-0.05, 0) is 6.07 Å². The van der Waals surface area contributed by atoms with E-state index in [0.29, 0.717) is 6.20 Å². The van der Waals surface area contributed by atoms with Crippen LogP contribution in [0, 0.1) is 5.82 Å². The van der Waals surface area contributed by atoms with E-state index in [0.717, 1.165) is 0 Å². The SMILES string of the molecule is NC(=O)c1ncc(C(F)(F)F)cc1F.O=CO. The molecule has 1 amide bonds. The van der Waals surface area contributed by atoms with E-state index in [9.17, 15) is 22.4 Å². The molecule has 0 aliphatic heterocycles. The first-order chi connectivity index (χ1) is 7.73. The smallest absolute Gasteiger partial charge is 0.417 e. The Morgan fingerprint density at radius 1 is 1.47 bits per heavy atom. The number of carbonyl (C=O) groups is 2. The van der Waals surface area contributed by atoms with Gasteiger partial charge in [-0.1, -0.05) is 0 Å². The van der Waals surface area contributed by atoms with Crippen molar-refractivity contribution in [2.45, 2.75) is 6.18 Å². The lowest BCUT2D eigenvalue weighted by molar-refractivity contribution is -0.138. The number of carboxylic acid groups (broad SMARTS) is 1. The maximum Gasteiger partial charge on any atom is 0.417 e. The molecule has 94 valence electrons. The molecule has 0 aliphatic rings. The normalized spacial score (nSPS) is 10.1. The summed E-state index contributed by atoms with van der Waals surface area (Å²) in [5, 5.41) is 6.89. The van der Waals surface area contributed by atoms with Crippen molar-refractivity contribution >= 4 is 12.4 Å². The van der Waals surface area contributed by atoms with Gasteiger partial charge in [0.2, 0.25) is 0 Å². The summed E-state index contributed by atoms with van der Waals surface area (Å²) in [6.45, 7) is -0.250. The first kappa shape index (κ1) is 14.8. The van der Waals surface area contributed by atoms with E-state index in [1.54, 1.807) is 0 Å². The molecule has 0 unspecified atom stereocenters. The predicted molar refractivity (Wildman–Crippen MR) is 46.4 cm³/mol. The highest BCUT2D eigenvalue weighted by atomic mass is 19.4. The molecule has 0 atom stereocenters. The third kappa shape index (κ3) is 4.45. The van der Waals surface area contributed by atoms with Gasteiger partial charge in [-0.15, -0.1) is 0 Å². The molecule has 9 heteroatoms. The summed E-state index contributed by atoms with van der Waals surface area (Å²) in [5.74, 6) is -2.59. The Morgan fingerprint density at radius 2 is 1.94 bits per heavy atom. The molecule has 0 bridgehead atoms. The Labute approximate surface area is 91.9 Å². The number of halogens is 4. The molecule has 5 nitrogen and oxygen atoms in total. The van der Waals surface area contributed by atoms with Crippen LogP contribution >= 0.6 is 0 Å². The van der Waals surface area contributed by atoms with Crippen LogP contribution in [-0.4, -0.2) is 22.5 Å². The second-order valence-electron chi connectivity index (χ2n) is 2.52. The number of aromatic nitrogens is 1. The molecule has 0 spiro atoms. The zero-order valence-electron chi connectivity index (χ0n) is 8.03. The van der Waals surface area contributed by atoms with Crippen LogP contribution in [0.2, 0.25) is 0 Å². The van der Waals surface area contributed by atoms with Gasteiger partial charge in [-0.2, -0.15) is 13.2 Å². The number of amides is 1. The van der Waals surface area contributed by atoms with Gasteiger partial charge in [0.1, 0.15) is 0 Å². The number of alkyl halides is 3. The first-order valence-electron chi connectivity index (χ1n) is 3.84. The van der Waals surface area contributed by atoms with Gasteiger partial charge in [0.15, 0.2) is 11.5 Å². The molecular weight excluding hydrogens is 248 g/mol. The van der Waals surface area contributed by atoms with Gasteiger partial charge in [-0.3, -0.25) is 9.59 Å². The zero-order valence-corrected chi connectivity index (χ0v) is 8.03. The van der Waals surface area contributed by atoms with Crippen molar-refractivity contribution in [3.63, 3.8) is 0 Å². The molecule has 17 heavy (non-hydrogen) atoms. The molecular formula is C8H6F4N2O3. The minimum Gasteiger partial charge on any atom is -0.483 e. The fourth-order valence-electron chi connectivity index (χ4n) is 0.774. The van der Waals surface area contributed by atoms with Gasteiger partial charge < -0.3 is 10.8 Å². The van der Waals surface area contributed by atoms with Crippen LogP contribution in [-0.2, 0) is 11.0 Å². The summed E-state index contributed by atoms with van der Waals surface area (Å²) in [4.78, 5) is 21.8. The van der Waals surface area contributed by atoms with Crippen molar-refractivity contribution in [1.29, 1.82) is 0 Å². The highest BCUT2D eigenvalue weighted by molar-refractivity contribution is 5.90. The third-order valence-corrected chi connectivity index (χ3v) is 1.40. The molecule has 0 fully saturated rings. The number of nitrogens with two attached hydrogens (primary N) is 1. The van der Waals surface area contributed by atoms with E-state index in [4.69, 9.17) is 9.90 Å². The van der Waals surface area contributed by atoms with E-state index in [-0.39, 0.29) is 12.5 Å². The lowest BCUT2D eigenvalue weighted by atomic mass is 10.2. The van der Waals surface area contributed by atoms with Crippen LogP contribution in [0.1, 0.15) is 16.1 Å². The Balaban J connectivity index is 0.000000770. The summed E-state index contributed by atoms with van der Waals surface area (Å²) in [6.07, 6.45) is -4.34. The Hall–Kier alpha value is -2.19. The minimum absolute atomic E-state index is 0.174. The summed E-state index contributed by atoms with van der Waals surface area (Å²) in [6, 6.07) is 0.174. The number of primary amides is 1. The van der Waals surface area contributed by atoms with Gasteiger partial charge in [0, 0.05) is 6.20 Å². The molecule has 1 heterocycles. The number of pyridine rings is 1. The van der Waals surface area contributed by atoms with E-state index in [1.807, 2.05) is 0 Å². The van der Waals surface area contributed by atoms with Gasteiger partial charge in [0.25, 0.3) is 12.4 Å². The van der Waals surface area contributed by atoms with E-state index < -0.39 is 29.2 Å². The first-order valence-corrected chi connectivity index (χ1v) is 3.84. The molecule has 0 radical (unpaired) electrons. The van der Waals surface area contributed by atoms with Crippen molar-refractivity contribution in [2.24, 2.45) is 5.73 Å². The summed E-state index contributed by atoms with van der Waals surface area (Å²) in [5.41, 5.74) is 2.58.